The lowest BCUT2D eigenvalue weighted by molar-refractivity contribution is -0.132. The van der Waals surface area contributed by atoms with Gasteiger partial charge in [0.05, 0.1) is 0 Å². The van der Waals surface area contributed by atoms with E-state index in [-0.39, 0.29) is 17.4 Å². The first-order valence-electron chi connectivity index (χ1n) is 7.19. The van der Waals surface area contributed by atoms with E-state index in [4.69, 9.17) is 0 Å². The zero-order chi connectivity index (χ0) is 16.1. The minimum atomic E-state index is -1.04. The minimum absolute atomic E-state index is 0.0503. The maximum Gasteiger partial charge on any atom is 0.254 e. The maximum atomic E-state index is 13.2. The van der Waals surface area contributed by atoms with E-state index in [1.54, 1.807) is 16.8 Å². The highest BCUT2D eigenvalue weighted by molar-refractivity contribution is 5.94. The van der Waals surface area contributed by atoms with Gasteiger partial charge in [0.1, 0.15) is 0 Å². The van der Waals surface area contributed by atoms with Crippen LogP contribution in [-0.4, -0.2) is 61.4 Å². The molecule has 1 N–H and O–H groups in total. The summed E-state index contributed by atoms with van der Waals surface area (Å²) in [7, 11) is 1.78. The van der Waals surface area contributed by atoms with Crippen molar-refractivity contribution in [1.29, 1.82) is 0 Å². The number of halogens is 2. The number of piperazine rings is 1. The molecule has 1 aromatic carbocycles. The maximum absolute atomic E-state index is 13.2. The summed E-state index contributed by atoms with van der Waals surface area (Å²) >= 11 is 0. The van der Waals surface area contributed by atoms with Crippen molar-refractivity contribution in [3.05, 3.63) is 35.4 Å². The standard InChI is InChI=1S/C15H19F2N3O2/c1-18-5-4-14(21)19-6-8-20(9-7-19)15(22)11-2-3-12(16)13(17)10-11/h2-3,10,18H,4-9H2,1H3. The molecule has 1 fully saturated rings. The molecule has 120 valence electrons. The zero-order valence-corrected chi connectivity index (χ0v) is 12.4. The number of benzene rings is 1. The van der Waals surface area contributed by atoms with Crippen LogP contribution < -0.4 is 5.32 Å². The largest absolute Gasteiger partial charge is 0.339 e. The Morgan fingerprint density at radius 2 is 1.73 bits per heavy atom. The molecule has 2 rings (SSSR count). The first kappa shape index (κ1) is 16.4. The number of carbonyl (C=O) groups is 2. The van der Waals surface area contributed by atoms with Crippen LogP contribution in [0.4, 0.5) is 8.78 Å². The average molecular weight is 311 g/mol. The van der Waals surface area contributed by atoms with Gasteiger partial charge in [0.15, 0.2) is 11.6 Å². The molecule has 0 aromatic heterocycles. The Morgan fingerprint density at radius 3 is 2.32 bits per heavy atom. The Kier molecular flexibility index (Phi) is 5.43. The molecule has 7 heteroatoms. The summed E-state index contributed by atoms with van der Waals surface area (Å²) in [5.41, 5.74) is 0.119. The van der Waals surface area contributed by atoms with Crippen LogP contribution in [0.2, 0.25) is 0 Å². The third kappa shape index (κ3) is 3.79. The summed E-state index contributed by atoms with van der Waals surface area (Å²) in [6.45, 7) is 2.31. The number of carbonyl (C=O) groups excluding carboxylic acids is 2. The van der Waals surface area contributed by atoms with Gasteiger partial charge in [-0.15, -0.1) is 0 Å². The lowest BCUT2D eigenvalue weighted by atomic mass is 10.1. The summed E-state index contributed by atoms with van der Waals surface area (Å²) in [6.07, 6.45) is 0.424. The summed E-state index contributed by atoms with van der Waals surface area (Å²) in [5.74, 6) is -2.31. The third-order valence-corrected chi connectivity index (χ3v) is 3.68. The van der Waals surface area contributed by atoms with Crippen LogP contribution in [0.25, 0.3) is 0 Å². The summed E-state index contributed by atoms with van der Waals surface area (Å²) in [5, 5.41) is 2.92. The van der Waals surface area contributed by atoms with Crippen molar-refractivity contribution in [3.8, 4) is 0 Å². The van der Waals surface area contributed by atoms with Crippen LogP contribution in [-0.2, 0) is 4.79 Å². The number of hydrogen-bond acceptors (Lipinski definition) is 3. The molecule has 1 aliphatic rings. The van der Waals surface area contributed by atoms with Crippen LogP contribution in [0.15, 0.2) is 18.2 Å². The Bertz CT molecular complexity index is 558. The van der Waals surface area contributed by atoms with Crippen LogP contribution in [0.5, 0.6) is 0 Å². The van der Waals surface area contributed by atoms with E-state index in [1.807, 2.05) is 0 Å². The molecule has 0 radical (unpaired) electrons. The monoisotopic (exact) mass is 311 g/mol. The molecule has 1 saturated heterocycles. The number of nitrogens with zero attached hydrogens (tertiary/aromatic N) is 2. The molecule has 1 heterocycles. The van der Waals surface area contributed by atoms with Gasteiger partial charge in [-0.25, -0.2) is 8.78 Å². The zero-order valence-electron chi connectivity index (χ0n) is 12.4. The minimum Gasteiger partial charge on any atom is -0.339 e. The molecule has 0 aliphatic carbocycles. The molecule has 0 unspecified atom stereocenters. The van der Waals surface area contributed by atoms with Crippen LogP contribution in [0, 0.1) is 11.6 Å². The first-order chi connectivity index (χ1) is 10.5. The molecule has 1 aromatic rings. The molecule has 0 saturated carbocycles. The van der Waals surface area contributed by atoms with Crippen molar-refractivity contribution in [2.24, 2.45) is 0 Å². The van der Waals surface area contributed by atoms with Crippen LogP contribution in [0.1, 0.15) is 16.8 Å². The fraction of sp³-hybridized carbons (Fsp3) is 0.467. The highest BCUT2D eigenvalue weighted by Crippen LogP contribution is 2.13. The quantitative estimate of drug-likeness (QED) is 0.897. The van der Waals surface area contributed by atoms with Crippen LogP contribution >= 0.6 is 0 Å². The van der Waals surface area contributed by atoms with Gasteiger partial charge >= 0.3 is 0 Å². The van der Waals surface area contributed by atoms with E-state index < -0.39 is 11.6 Å². The number of amides is 2. The van der Waals surface area contributed by atoms with Crippen molar-refractivity contribution in [1.82, 2.24) is 15.1 Å². The summed E-state index contributed by atoms with van der Waals surface area (Å²) < 4.78 is 26.1. The Morgan fingerprint density at radius 1 is 1.09 bits per heavy atom. The number of nitrogens with one attached hydrogen (secondary N) is 1. The van der Waals surface area contributed by atoms with Gasteiger partial charge in [-0.3, -0.25) is 9.59 Å². The van der Waals surface area contributed by atoms with E-state index in [0.717, 1.165) is 12.1 Å². The average Bonchev–Trinajstić information content (AvgIpc) is 2.54. The number of hydrogen-bond donors (Lipinski definition) is 1. The van der Waals surface area contributed by atoms with E-state index in [2.05, 4.69) is 5.32 Å². The van der Waals surface area contributed by atoms with Gasteiger partial charge in [-0.05, 0) is 25.2 Å². The molecule has 22 heavy (non-hydrogen) atoms. The van der Waals surface area contributed by atoms with E-state index in [1.165, 1.54) is 6.07 Å². The van der Waals surface area contributed by atoms with Gasteiger partial charge in [0.25, 0.3) is 5.91 Å². The van der Waals surface area contributed by atoms with E-state index >= 15 is 0 Å². The molecule has 0 atom stereocenters. The molecule has 1 aliphatic heterocycles. The molecule has 0 spiro atoms. The highest BCUT2D eigenvalue weighted by atomic mass is 19.2. The number of rotatable bonds is 4. The lowest BCUT2D eigenvalue weighted by Crippen LogP contribution is -2.50. The predicted octanol–water partition coefficient (Wildman–Crippen LogP) is 0.859. The van der Waals surface area contributed by atoms with Gasteiger partial charge < -0.3 is 15.1 Å². The fourth-order valence-electron chi connectivity index (χ4n) is 2.36. The van der Waals surface area contributed by atoms with Crippen molar-refractivity contribution in [2.45, 2.75) is 6.42 Å². The van der Waals surface area contributed by atoms with Gasteiger partial charge in [-0.1, -0.05) is 0 Å². The first-order valence-corrected chi connectivity index (χ1v) is 7.19. The van der Waals surface area contributed by atoms with Crippen molar-refractivity contribution >= 4 is 11.8 Å². The smallest absolute Gasteiger partial charge is 0.254 e. The Hall–Kier alpha value is -2.02. The molecule has 0 bridgehead atoms. The van der Waals surface area contributed by atoms with E-state index in [0.29, 0.717) is 39.1 Å². The van der Waals surface area contributed by atoms with Crippen molar-refractivity contribution < 1.29 is 18.4 Å². The normalized spacial score (nSPS) is 15.0. The second-order valence-corrected chi connectivity index (χ2v) is 5.16. The summed E-state index contributed by atoms with van der Waals surface area (Å²) in [6, 6.07) is 3.12. The van der Waals surface area contributed by atoms with Crippen LogP contribution in [0.3, 0.4) is 0 Å². The van der Waals surface area contributed by atoms with Gasteiger partial charge in [0.2, 0.25) is 5.91 Å². The SMILES string of the molecule is CNCCC(=O)N1CCN(C(=O)c2ccc(F)c(F)c2)CC1. The van der Waals surface area contributed by atoms with E-state index in [9.17, 15) is 18.4 Å². The second-order valence-electron chi connectivity index (χ2n) is 5.16. The van der Waals surface area contributed by atoms with Gasteiger partial charge in [-0.2, -0.15) is 0 Å². The predicted molar refractivity (Wildman–Crippen MR) is 77.4 cm³/mol. The Labute approximate surface area is 127 Å². The van der Waals surface area contributed by atoms with Crippen molar-refractivity contribution in [2.75, 3.05) is 39.8 Å². The lowest BCUT2D eigenvalue weighted by Gasteiger charge is -2.35. The fourth-order valence-corrected chi connectivity index (χ4v) is 2.36. The summed E-state index contributed by atoms with van der Waals surface area (Å²) in [4.78, 5) is 27.4. The second kappa shape index (κ2) is 7.31. The molecule has 5 nitrogen and oxygen atoms in total. The molecular formula is C15H19F2N3O2. The van der Waals surface area contributed by atoms with Gasteiger partial charge in [0, 0.05) is 44.7 Å². The van der Waals surface area contributed by atoms with Crippen molar-refractivity contribution in [3.63, 3.8) is 0 Å². The highest BCUT2D eigenvalue weighted by Gasteiger charge is 2.24. The molecule has 2 amide bonds. The Balaban J connectivity index is 1.92. The third-order valence-electron chi connectivity index (χ3n) is 3.68. The topological polar surface area (TPSA) is 52.7 Å². The molecular weight excluding hydrogens is 292 g/mol.